The number of thioether (sulfide) groups is 1. The van der Waals surface area contributed by atoms with Crippen molar-refractivity contribution in [1.82, 2.24) is 10.9 Å². The molecule has 1 unspecified atom stereocenters. The first-order valence-electron chi connectivity index (χ1n) is 8.37. The van der Waals surface area contributed by atoms with Crippen molar-refractivity contribution in [2.24, 2.45) is 10.1 Å². The Morgan fingerprint density at radius 3 is 2.41 bits per heavy atom. The zero-order chi connectivity index (χ0) is 19.0. The molecule has 2 aliphatic rings. The number of hydrogen-bond acceptors (Lipinski definition) is 5. The van der Waals surface area contributed by atoms with Gasteiger partial charge in [0, 0.05) is 0 Å². The first-order chi connectivity index (χ1) is 13.0. The Balaban J connectivity index is 1.68. The van der Waals surface area contributed by atoms with Gasteiger partial charge in [-0.25, -0.2) is 4.99 Å². The Hall–Kier alpha value is -3.13. The molecule has 2 aromatic carbocycles. The van der Waals surface area contributed by atoms with Gasteiger partial charge in [0.2, 0.25) is 4.75 Å². The van der Waals surface area contributed by atoms with E-state index in [9.17, 15) is 9.59 Å². The van der Waals surface area contributed by atoms with Gasteiger partial charge in [0.1, 0.15) is 0 Å². The first-order valence-corrected chi connectivity index (χ1v) is 9.18. The van der Waals surface area contributed by atoms with Gasteiger partial charge in [-0.05, 0) is 38.1 Å². The minimum absolute atomic E-state index is 0.410. The number of para-hydroxylation sites is 1. The quantitative estimate of drug-likeness (QED) is 0.785. The summed E-state index contributed by atoms with van der Waals surface area (Å²) in [5.41, 5.74) is 8.20. The van der Waals surface area contributed by atoms with Crippen molar-refractivity contribution < 1.29 is 9.59 Å². The number of nitrogens with one attached hydrogen (secondary N) is 2. The minimum atomic E-state index is -1.47. The fraction of sp³-hybridized carbons (Fsp3) is 0.158. The highest BCUT2D eigenvalue weighted by Crippen LogP contribution is 2.39. The lowest BCUT2D eigenvalue weighted by atomic mass is 10.0. The zero-order valence-corrected chi connectivity index (χ0v) is 15.6. The zero-order valence-electron chi connectivity index (χ0n) is 14.8. The number of carbonyl (C=O) groups excluding carboxylic acids is 2. The number of hydrogen-bond donors (Lipinski definition) is 2. The smallest absolute Gasteiger partial charge is 0.276 e. The van der Waals surface area contributed by atoms with Crippen LogP contribution in [0.2, 0.25) is 0 Å². The predicted octanol–water partition coefficient (Wildman–Crippen LogP) is 2.51. The van der Waals surface area contributed by atoms with Crippen LogP contribution in [0.5, 0.6) is 0 Å². The number of benzene rings is 2. The molecule has 7 nitrogen and oxygen atoms in total. The van der Waals surface area contributed by atoms with Crippen LogP contribution in [0.25, 0.3) is 0 Å². The molecule has 2 aromatic rings. The molecule has 0 aliphatic carbocycles. The van der Waals surface area contributed by atoms with E-state index in [1.165, 1.54) is 5.01 Å². The van der Waals surface area contributed by atoms with E-state index in [0.29, 0.717) is 16.6 Å². The van der Waals surface area contributed by atoms with Gasteiger partial charge in [-0.3, -0.25) is 20.4 Å². The standard InChI is InChI=1S/C19H17N5O2S/c1-12-8-10-14(11-9-12)20-18-22-21-16(25)19(27-18)13(2)23-24(17(19)26)15-6-4-3-5-7-15/h3-11H,1-2H3,(H,20,22)(H,21,25). The largest absolute Gasteiger partial charge is 0.279 e. The molecule has 27 heavy (non-hydrogen) atoms. The van der Waals surface area contributed by atoms with Gasteiger partial charge in [-0.1, -0.05) is 47.7 Å². The molecular formula is C19H17N5O2S. The number of nitrogens with zero attached hydrogens (tertiary/aromatic N) is 3. The predicted molar refractivity (Wildman–Crippen MR) is 107 cm³/mol. The van der Waals surface area contributed by atoms with Gasteiger partial charge in [-0.2, -0.15) is 10.1 Å². The second-order valence-corrected chi connectivity index (χ2v) is 7.46. The van der Waals surface area contributed by atoms with Crippen LogP contribution in [0.1, 0.15) is 12.5 Å². The maximum Gasteiger partial charge on any atom is 0.279 e. The van der Waals surface area contributed by atoms with E-state index in [2.05, 4.69) is 20.9 Å². The highest BCUT2D eigenvalue weighted by Gasteiger charge is 2.59. The maximum absolute atomic E-state index is 13.2. The molecule has 8 heteroatoms. The van der Waals surface area contributed by atoms with Crippen LogP contribution in [0.4, 0.5) is 11.4 Å². The summed E-state index contributed by atoms with van der Waals surface area (Å²) in [5, 5.41) is 6.06. The molecule has 0 radical (unpaired) electrons. The number of aryl methyl sites for hydroxylation is 1. The molecule has 1 atom stereocenters. The molecule has 0 bridgehead atoms. The van der Waals surface area contributed by atoms with Gasteiger partial charge in [0.25, 0.3) is 11.8 Å². The number of rotatable bonds is 2. The lowest BCUT2D eigenvalue weighted by Crippen LogP contribution is -2.63. The molecule has 0 aromatic heterocycles. The lowest BCUT2D eigenvalue weighted by molar-refractivity contribution is -0.129. The molecule has 0 saturated carbocycles. The third kappa shape index (κ3) is 2.87. The van der Waals surface area contributed by atoms with Crippen molar-refractivity contribution in [1.29, 1.82) is 0 Å². The number of hydrazone groups is 1. The highest BCUT2D eigenvalue weighted by molar-refractivity contribution is 8.17. The average molecular weight is 379 g/mol. The number of anilines is 1. The average Bonchev–Trinajstić information content (AvgIpc) is 2.93. The molecule has 2 aliphatic heterocycles. The second kappa shape index (κ2) is 6.55. The van der Waals surface area contributed by atoms with E-state index in [-0.39, 0.29) is 0 Å². The molecule has 1 saturated heterocycles. The van der Waals surface area contributed by atoms with Gasteiger partial charge in [0.05, 0.1) is 17.1 Å². The third-order valence-corrected chi connectivity index (χ3v) is 5.72. The van der Waals surface area contributed by atoms with Gasteiger partial charge < -0.3 is 0 Å². The van der Waals surface area contributed by atoms with Gasteiger partial charge in [0.15, 0.2) is 5.17 Å². The Morgan fingerprint density at radius 2 is 1.70 bits per heavy atom. The highest BCUT2D eigenvalue weighted by atomic mass is 32.2. The van der Waals surface area contributed by atoms with Crippen LogP contribution in [0, 0.1) is 6.92 Å². The topological polar surface area (TPSA) is 86.2 Å². The number of amidine groups is 1. The molecule has 136 valence electrons. The summed E-state index contributed by atoms with van der Waals surface area (Å²) < 4.78 is -1.47. The van der Waals surface area contributed by atoms with Crippen molar-refractivity contribution in [3.05, 3.63) is 60.2 Å². The molecular weight excluding hydrogens is 362 g/mol. The summed E-state index contributed by atoms with van der Waals surface area (Å²) in [7, 11) is 0. The number of carbonyl (C=O) groups is 2. The van der Waals surface area contributed by atoms with Crippen LogP contribution in [-0.2, 0) is 9.59 Å². The van der Waals surface area contributed by atoms with Crippen LogP contribution in [0.3, 0.4) is 0 Å². The third-order valence-electron chi connectivity index (χ3n) is 4.37. The Kier molecular flexibility index (Phi) is 4.19. The first kappa shape index (κ1) is 17.3. The summed E-state index contributed by atoms with van der Waals surface area (Å²) in [5.74, 6) is -0.869. The fourth-order valence-corrected chi connectivity index (χ4v) is 3.94. The SMILES string of the molecule is CC1=NN(c2ccccc2)C(=O)C12SC(=Nc1ccc(C)cc1)NNC2=O. The van der Waals surface area contributed by atoms with Crippen LogP contribution >= 0.6 is 11.8 Å². The molecule has 2 N–H and O–H groups in total. The summed E-state index contributed by atoms with van der Waals surface area (Å²) >= 11 is 1.07. The summed E-state index contributed by atoms with van der Waals surface area (Å²) in [6.07, 6.45) is 0. The maximum atomic E-state index is 13.2. The summed E-state index contributed by atoms with van der Waals surface area (Å²) in [6.45, 7) is 3.68. The molecule has 2 heterocycles. The van der Waals surface area contributed by atoms with Crippen molar-refractivity contribution in [3.63, 3.8) is 0 Å². The van der Waals surface area contributed by atoms with Gasteiger partial charge >= 0.3 is 0 Å². The van der Waals surface area contributed by atoms with E-state index < -0.39 is 16.6 Å². The lowest BCUT2D eigenvalue weighted by Gasteiger charge is -2.31. The molecule has 2 amide bonds. The van der Waals surface area contributed by atoms with Crippen molar-refractivity contribution in [3.8, 4) is 0 Å². The summed E-state index contributed by atoms with van der Waals surface area (Å²) in [4.78, 5) is 30.4. The van der Waals surface area contributed by atoms with E-state index in [4.69, 9.17) is 0 Å². The van der Waals surface area contributed by atoms with Crippen LogP contribution in [-0.4, -0.2) is 27.4 Å². The van der Waals surface area contributed by atoms with E-state index in [0.717, 1.165) is 23.0 Å². The van der Waals surface area contributed by atoms with Crippen molar-refractivity contribution >= 4 is 45.8 Å². The van der Waals surface area contributed by atoms with Gasteiger partial charge in [-0.15, -0.1) is 0 Å². The Labute approximate surface area is 160 Å². The number of hydrazine groups is 1. The number of amides is 2. The number of aliphatic imine (C=N–C) groups is 1. The minimum Gasteiger partial charge on any atom is -0.276 e. The normalized spacial score (nSPS) is 23.4. The molecule has 1 fully saturated rings. The van der Waals surface area contributed by atoms with E-state index in [1.54, 1.807) is 19.1 Å². The van der Waals surface area contributed by atoms with Crippen molar-refractivity contribution in [2.45, 2.75) is 18.6 Å². The monoisotopic (exact) mass is 379 g/mol. The molecule has 4 rings (SSSR count). The fourth-order valence-electron chi connectivity index (χ4n) is 2.90. The van der Waals surface area contributed by atoms with E-state index in [1.807, 2.05) is 49.4 Å². The van der Waals surface area contributed by atoms with Crippen LogP contribution in [0.15, 0.2) is 64.7 Å². The van der Waals surface area contributed by atoms with Crippen LogP contribution < -0.4 is 15.9 Å². The Morgan fingerprint density at radius 1 is 1.00 bits per heavy atom. The van der Waals surface area contributed by atoms with E-state index >= 15 is 0 Å². The molecule has 1 spiro atoms. The second-order valence-electron chi connectivity index (χ2n) is 6.25. The van der Waals surface area contributed by atoms with Crippen molar-refractivity contribution in [2.75, 3.05) is 5.01 Å². The summed E-state index contributed by atoms with van der Waals surface area (Å²) in [6, 6.07) is 16.7. The Bertz CT molecular complexity index is 971.